The predicted octanol–water partition coefficient (Wildman–Crippen LogP) is 3.91. The van der Waals surface area contributed by atoms with Crippen molar-refractivity contribution >= 4 is 11.6 Å². The van der Waals surface area contributed by atoms with Gasteiger partial charge in [0, 0.05) is 25.3 Å². The zero-order valence-electron chi connectivity index (χ0n) is 17.3. The van der Waals surface area contributed by atoms with Crippen LogP contribution in [0.25, 0.3) is 0 Å². The number of anilines is 1. The number of carbonyl (C=O) groups is 1. The minimum absolute atomic E-state index is 0.115. The van der Waals surface area contributed by atoms with E-state index in [1.807, 2.05) is 0 Å². The molecule has 0 unspecified atom stereocenters. The van der Waals surface area contributed by atoms with Crippen molar-refractivity contribution < 1.29 is 27.4 Å². The summed E-state index contributed by atoms with van der Waals surface area (Å²) in [5.74, 6) is 0.443. The lowest BCUT2D eigenvalue weighted by atomic mass is 10.1. The number of carbonyl (C=O) groups excluding carboxylic acids is 1. The molecule has 1 fully saturated rings. The summed E-state index contributed by atoms with van der Waals surface area (Å²) in [6.45, 7) is 2.28. The quantitative estimate of drug-likeness (QED) is 0.716. The van der Waals surface area contributed by atoms with Crippen molar-refractivity contribution in [3.05, 3.63) is 59.2 Å². The second-order valence-electron chi connectivity index (χ2n) is 7.38. The van der Waals surface area contributed by atoms with Gasteiger partial charge in [0.2, 0.25) is 0 Å². The molecule has 31 heavy (non-hydrogen) atoms. The predicted molar refractivity (Wildman–Crippen MR) is 108 cm³/mol. The van der Waals surface area contributed by atoms with Crippen LogP contribution in [0, 0.1) is 11.3 Å². The van der Waals surface area contributed by atoms with Crippen molar-refractivity contribution in [3.63, 3.8) is 0 Å². The SMILES string of the molecule is C[C@H]1O[C@H](COc2ccc(C(=O)N(C)C)cc2)CN1c1ccc(C#N)c(C(F)(F)F)c1. The maximum absolute atomic E-state index is 13.3. The molecule has 164 valence electrons. The fraction of sp³-hybridized carbons (Fsp3) is 0.364. The van der Waals surface area contributed by atoms with Crippen molar-refractivity contribution in [1.29, 1.82) is 5.26 Å². The first-order chi connectivity index (χ1) is 14.6. The number of rotatable bonds is 5. The van der Waals surface area contributed by atoms with Crippen LogP contribution in [0.15, 0.2) is 42.5 Å². The summed E-state index contributed by atoms with van der Waals surface area (Å²) in [4.78, 5) is 15.1. The Morgan fingerprint density at radius 2 is 1.94 bits per heavy atom. The molecule has 3 rings (SSSR count). The van der Waals surface area contributed by atoms with Gasteiger partial charge in [0.15, 0.2) is 0 Å². The summed E-state index contributed by atoms with van der Waals surface area (Å²) in [6, 6.07) is 11.9. The molecule has 0 saturated carbocycles. The van der Waals surface area contributed by atoms with Crippen LogP contribution in [0.1, 0.15) is 28.4 Å². The van der Waals surface area contributed by atoms with Crippen molar-refractivity contribution in [3.8, 4) is 11.8 Å². The van der Waals surface area contributed by atoms with Crippen LogP contribution >= 0.6 is 0 Å². The molecule has 1 saturated heterocycles. The first-order valence-corrected chi connectivity index (χ1v) is 9.58. The van der Waals surface area contributed by atoms with Gasteiger partial charge in [0.25, 0.3) is 5.91 Å². The summed E-state index contributed by atoms with van der Waals surface area (Å²) in [5.41, 5.74) is -0.518. The minimum atomic E-state index is -4.62. The minimum Gasteiger partial charge on any atom is -0.491 e. The molecular weight excluding hydrogens is 411 g/mol. The topological polar surface area (TPSA) is 65.8 Å². The summed E-state index contributed by atoms with van der Waals surface area (Å²) < 4.78 is 51.3. The third kappa shape index (κ3) is 5.09. The average Bonchev–Trinajstić information content (AvgIpc) is 3.11. The van der Waals surface area contributed by atoms with E-state index in [-0.39, 0.29) is 18.6 Å². The zero-order valence-corrected chi connectivity index (χ0v) is 17.3. The Morgan fingerprint density at radius 1 is 1.26 bits per heavy atom. The van der Waals surface area contributed by atoms with E-state index in [2.05, 4.69) is 0 Å². The van der Waals surface area contributed by atoms with E-state index in [9.17, 15) is 18.0 Å². The van der Waals surface area contributed by atoms with E-state index in [1.165, 1.54) is 17.0 Å². The van der Waals surface area contributed by atoms with Crippen LogP contribution in [-0.4, -0.2) is 50.4 Å². The second-order valence-corrected chi connectivity index (χ2v) is 7.38. The number of ether oxygens (including phenoxy) is 2. The van der Waals surface area contributed by atoms with E-state index >= 15 is 0 Å². The maximum atomic E-state index is 13.3. The lowest BCUT2D eigenvalue weighted by Gasteiger charge is -2.23. The molecule has 2 aromatic rings. The highest BCUT2D eigenvalue weighted by atomic mass is 19.4. The molecule has 0 bridgehead atoms. The smallest absolute Gasteiger partial charge is 0.417 e. The number of halogens is 3. The van der Waals surface area contributed by atoms with Crippen molar-refractivity contribution in [2.75, 3.05) is 32.1 Å². The zero-order chi connectivity index (χ0) is 22.8. The van der Waals surface area contributed by atoms with Gasteiger partial charge in [-0.2, -0.15) is 18.4 Å². The fourth-order valence-electron chi connectivity index (χ4n) is 3.35. The van der Waals surface area contributed by atoms with Crippen LogP contribution in [-0.2, 0) is 10.9 Å². The Hall–Kier alpha value is -3.25. The van der Waals surface area contributed by atoms with Gasteiger partial charge in [0.1, 0.15) is 24.7 Å². The third-order valence-electron chi connectivity index (χ3n) is 4.93. The number of alkyl halides is 3. The third-order valence-corrected chi connectivity index (χ3v) is 4.93. The molecule has 6 nitrogen and oxygen atoms in total. The largest absolute Gasteiger partial charge is 0.491 e. The molecule has 1 heterocycles. The van der Waals surface area contributed by atoms with E-state index in [0.29, 0.717) is 23.5 Å². The van der Waals surface area contributed by atoms with Crippen LogP contribution < -0.4 is 9.64 Å². The van der Waals surface area contributed by atoms with E-state index in [1.54, 1.807) is 56.3 Å². The number of hydrogen-bond donors (Lipinski definition) is 0. The number of amides is 1. The highest BCUT2D eigenvalue weighted by molar-refractivity contribution is 5.93. The van der Waals surface area contributed by atoms with Gasteiger partial charge in [0.05, 0.1) is 23.7 Å². The summed E-state index contributed by atoms with van der Waals surface area (Å²) in [5, 5.41) is 8.96. The summed E-state index contributed by atoms with van der Waals surface area (Å²) in [7, 11) is 3.34. The van der Waals surface area contributed by atoms with Gasteiger partial charge in [-0.05, 0) is 49.4 Å². The fourth-order valence-corrected chi connectivity index (χ4v) is 3.35. The van der Waals surface area contributed by atoms with Gasteiger partial charge in [-0.1, -0.05) is 0 Å². The van der Waals surface area contributed by atoms with Crippen molar-refractivity contribution in [1.82, 2.24) is 4.90 Å². The Labute approximate surface area is 178 Å². The highest BCUT2D eigenvalue weighted by Crippen LogP contribution is 2.36. The number of nitrogens with zero attached hydrogens (tertiary/aromatic N) is 3. The second kappa shape index (κ2) is 8.86. The van der Waals surface area contributed by atoms with Crippen LogP contribution in [0.3, 0.4) is 0 Å². The van der Waals surface area contributed by atoms with Gasteiger partial charge < -0.3 is 19.3 Å². The van der Waals surface area contributed by atoms with Gasteiger partial charge in [-0.25, -0.2) is 0 Å². The molecule has 0 radical (unpaired) electrons. The lowest BCUT2D eigenvalue weighted by molar-refractivity contribution is -0.137. The molecule has 9 heteroatoms. The average molecular weight is 433 g/mol. The first-order valence-electron chi connectivity index (χ1n) is 9.58. The molecule has 0 aliphatic carbocycles. The molecule has 0 N–H and O–H groups in total. The highest BCUT2D eigenvalue weighted by Gasteiger charge is 2.36. The van der Waals surface area contributed by atoms with Gasteiger partial charge >= 0.3 is 6.18 Å². The number of hydrogen-bond acceptors (Lipinski definition) is 5. The van der Waals surface area contributed by atoms with Crippen LogP contribution in [0.4, 0.5) is 18.9 Å². The van der Waals surface area contributed by atoms with Crippen LogP contribution in [0.2, 0.25) is 0 Å². The maximum Gasteiger partial charge on any atom is 0.417 e. The monoisotopic (exact) mass is 433 g/mol. The Kier molecular flexibility index (Phi) is 6.41. The summed E-state index contributed by atoms with van der Waals surface area (Å²) in [6.07, 6.45) is -5.43. The first kappa shape index (κ1) is 22.4. The molecule has 2 atom stereocenters. The Balaban J connectivity index is 1.65. The van der Waals surface area contributed by atoms with E-state index in [4.69, 9.17) is 14.7 Å². The molecule has 2 aromatic carbocycles. The Morgan fingerprint density at radius 3 is 2.52 bits per heavy atom. The van der Waals surface area contributed by atoms with Crippen molar-refractivity contribution in [2.24, 2.45) is 0 Å². The molecule has 0 aromatic heterocycles. The molecule has 1 aliphatic rings. The number of nitriles is 1. The van der Waals surface area contributed by atoms with Gasteiger partial charge in [-0.3, -0.25) is 4.79 Å². The van der Waals surface area contributed by atoms with E-state index in [0.717, 1.165) is 6.07 Å². The molecule has 1 amide bonds. The molecular formula is C22H22F3N3O3. The lowest BCUT2D eigenvalue weighted by Crippen LogP contribution is -2.29. The molecule has 1 aliphatic heterocycles. The molecule has 0 spiro atoms. The standard InChI is InChI=1S/C22H22F3N3O3/c1-14-28(17-7-4-16(11-26)20(10-17)22(23,24)25)12-19(31-14)13-30-18-8-5-15(6-9-18)21(29)27(2)3/h4-10,14,19H,12-13H2,1-3H3/t14-,19+/m1/s1. The number of benzene rings is 2. The van der Waals surface area contributed by atoms with E-state index < -0.39 is 23.5 Å². The van der Waals surface area contributed by atoms with Crippen LogP contribution in [0.5, 0.6) is 5.75 Å². The normalized spacial score (nSPS) is 18.5. The summed E-state index contributed by atoms with van der Waals surface area (Å²) >= 11 is 0. The Bertz CT molecular complexity index is 984. The van der Waals surface area contributed by atoms with Crippen molar-refractivity contribution in [2.45, 2.75) is 25.4 Å². The van der Waals surface area contributed by atoms with Gasteiger partial charge in [-0.15, -0.1) is 0 Å².